The summed E-state index contributed by atoms with van der Waals surface area (Å²) in [7, 11) is -3.21. The molecule has 2 aliphatic rings. The van der Waals surface area contributed by atoms with Gasteiger partial charge in [0.05, 0.1) is 22.6 Å². The zero-order valence-electron chi connectivity index (χ0n) is 23.3. The van der Waals surface area contributed by atoms with Crippen molar-refractivity contribution in [1.82, 2.24) is 10.3 Å². The highest BCUT2D eigenvalue weighted by molar-refractivity contribution is 7.98. The second-order valence-corrected chi connectivity index (χ2v) is 14.4. The molecule has 0 saturated carbocycles. The normalized spacial score (nSPS) is 17.7. The molecule has 0 amide bonds. The summed E-state index contributed by atoms with van der Waals surface area (Å²) in [5.41, 5.74) is 3.68. The number of aromatic nitrogens is 1. The maximum Gasteiger partial charge on any atom is 0.235 e. The summed E-state index contributed by atoms with van der Waals surface area (Å²) in [6.07, 6.45) is 3.18. The van der Waals surface area contributed by atoms with Gasteiger partial charge >= 0.3 is 0 Å². The SMILES string of the molecule is CCc1c(C#N)c(SCc2ccc(N3CCCS3(=O)=O)cc2)nc(N2CCC(NCC(C)(C)C)CC2)c1C#N. The van der Waals surface area contributed by atoms with Gasteiger partial charge in [-0.3, -0.25) is 4.31 Å². The molecule has 0 unspecified atom stereocenters. The molecule has 2 fully saturated rings. The molecular weight excluding hydrogens is 528 g/mol. The number of hydrogen-bond donors (Lipinski definition) is 1. The average Bonchev–Trinajstić information content (AvgIpc) is 3.28. The molecule has 4 rings (SSSR count). The first-order valence-electron chi connectivity index (χ1n) is 13.6. The predicted molar refractivity (Wildman–Crippen MR) is 157 cm³/mol. The fraction of sp³-hybridized carbons (Fsp3) is 0.552. The molecule has 2 saturated heterocycles. The number of hydrogen-bond acceptors (Lipinski definition) is 8. The summed E-state index contributed by atoms with van der Waals surface area (Å²) in [6.45, 7) is 11.8. The van der Waals surface area contributed by atoms with Crippen LogP contribution in [0, 0.1) is 28.1 Å². The number of benzene rings is 1. The monoisotopic (exact) mass is 566 g/mol. The van der Waals surface area contributed by atoms with Crippen LogP contribution in [-0.2, 0) is 22.2 Å². The summed E-state index contributed by atoms with van der Waals surface area (Å²) in [6, 6.07) is 12.7. The number of pyridine rings is 1. The molecule has 1 aromatic carbocycles. The Bertz CT molecular complexity index is 1360. The van der Waals surface area contributed by atoms with Crippen LogP contribution in [0.3, 0.4) is 0 Å². The fourth-order valence-electron chi connectivity index (χ4n) is 5.10. The third-order valence-corrected chi connectivity index (χ3v) is 10.2. The number of piperidine rings is 1. The highest BCUT2D eigenvalue weighted by atomic mass is 32.2. The highest BCUT2D eigenvalue weighted by Gasteiger charge is 2.29. The predicted octanol–water partition coefficient (Wildman–Crippen LogP) is 4.82. The Kier molecular flexibility index (Phi) is 9.10. The van der Waals surface area contributed by atoms with Crippen LogP contribution in [0.2, 0.25) is 0 Å². The smallest absolute Gasteiger partial charge is 0.235 e. The fourth-order valence-corrected chi connectivity index (χ4v) is 7.63. The second-order valence-electron chi connectivity index (χ2n) is 11.4. The van der Waals surface area contributed by atoms with Crippen molar-refractivity contribution in [3.8, 4) is 12.1 Å². The first-order valence-corrected chi connectivity index (χ1v) is 16.2. The Morgan fingerprint density at radius 3 is 2.28 bits per heavy atom. The van der Waals surface area contributed by atoms with Crippen LogP contribution in [0.1, 0.15) is 69.2 Å². The Morgan fingerprint density at radius 2 is 1.74 bits per heavy atom. The van der Waals surface area contributed by atoms with Crippen molar-refractivity contribution in [3.05, 3.63) is 46.5 Å². The minimum Gasteiger partial charge on any atom is -0.355 e. The first kappa shape index (κ1) is 29.2. The minimum absolute atomic E-state index is 0.194. The standard InChI is InChI=1S/C29H38N6O2S2/c1-5-24-25(17-30)27(34-14-11-22(12-15-34)32-20-29(2,3)4)33-28(26(24)18-31)38-19-21-7-9-23(10-8-21)35-13-6-16-39(35,36)37/h7-10,22,32H,5-6,11-16,19-20H2,1-4H3. The van der Waals surface area contributed by atoms with Gasteiger partial charge in [0, 0.05) is 38.0 Å². The van der Waals surface area contributed by atoms with E-state index < -0.39 is 10.0 Å². The van der Waals surface area contributed by atoms with Crippen molar-refractivity contribution in [2.24, 2.45) is 5.41 Å². The molecule has 8 nitrogen and oxygen atoms in total. The summed E-state index contributed by atoms with van der Waals surface area (Å²) in [5.74, 6) is 1.46. The Labute approximate surface area is 237 Å². The first-order chi connectivity index (χ1) is 18.6. The maximum atomic E-state index is 12.2. The minimum atomic E-state index is -3.21. The summed E-state index contributed by atoms with van der Waals surface area (Å²) in [4.78, 5) is 7.11. The molecule has 39 heavy (non-hydrogen) atoms. The van der Waals surface area contributed by atoms with Crippen molar-refractivity contribution in [3.63, 3.8) is 0 Å². The van der Waals surface area contributed by atoms with Crippen LogP contribution < -0.4 is 14.5 Å². The lowest BCUT2D eigenvalue weighted by Gasteiger charge is -2.35. The molecule has 2 aromatic rings. The van der Waals surface area contributed by atoms with Crippen LogP contribution in [0.5, 0.6) is 0 Å². The lowest BCUT2D eigenvalue weighted by Crippen LogP contribution is -2.45. The second kappa shape index (κ2) is 12.2. The molecule has 208 valence electrons. The van der Waals surface area contributed by atoms with Gasteiger partial charge in [0.15, 0.2) is 0 Å². The molecule has 0 spiro atoms. The molecule has 10 heteroatoms. The van der Waals surface area contributed by atoms with E-state index in [2.05, 4.69) is 43.1 Å². The van der Waals surface area contributed by atoms with Gasteiger partial charge in [0.1, 0.15) is 23.0 Å². The highest BCUT2D eigenvalue weighted by Crippen LogP contribution is 2.35. The van der Waals surface area contributed by atoms with Crippen LogP contribution >= 0.6 is 11.8 Å². The molecule has 1 aromatic heterocycles. The van der Waals surface area contributed by atoms with Crippen molar-refractivity contribution in [1.29, 1.82) is 10.5 Å². The number of nitrogens with one attached hydrogen (secondary N) is 1. The lowest BCUT2D eigenvalue weighted by atomic mass is 9.95. The van der Waals surface area contributed by atoms with Gasteiger partial charge in [-0.1, -0.05) is 39.8 Å². The van der Waals surface area contributed by atoms with Gasteiger partial charge in [-0.25, -0.2) is 13.4 Å². The Morgan fingerprint density at radius 1 is 1.08 bits per heavy atom. The third kappa shape index (κ3) is 6.87. The van der Waals surface area contributed by atoms with E-state index in [1.54, 1.807) is 0 Å². The van der Waals surface area contributed by atoms with Crippen LogP contribution in [0.4, 0.5) is 11.5 Å². The number of anilines is 2. The molecule has 1 N–H and O–H groups in total. The van der Waals surface area contributed by atoms with Gasteiger partial charge in [-0.05, 0) is 54.4 Å². The third-order valence-electron chi connectivity index (χ3n) is 7.24. The number of nitrogens with zero attached hydrogens (tertiary/aromatic N) is 5. The molecule has 3 heterocycles. The Hall–Kier alpha value is -2.79. The van der Waals surface area contributed by atoms with Crippen molar-refractivity contribution in [2.75, 3.05) is 41.1 Å². The molecule has 2 aliphatic heterocycles. The maximum absolute atomic E-state index is 12.2. The van der Waals surface area contributed by atoms with E-state index in [-0.39, 0.29) is 11.2 Å². The summed E-state index contributed by atoms with van der Waals surface area (Å²) in [5, 5.41) is 24.4. The van der Waals surface area contributed by atoms with E-state index in [0.29, 0.717) is 58.8 Å². The van der Waals surface area contributed by atoms with Gasteiger partial charge < -0.3 is 10.2 Å². The van der Waals surface area contributed by atoms with E-state index in [0.717, 1.165) is 43.6 Å². The molecule has 0 radical (unpaired) electrons. The molecular formula is C29H38N6O2S2. The molecule has 0 aliphatic carbocycles. The van der Waals surface area contributed by atoms with E-state index >= 15 is 0 Å². The molecule has 0 atom stereocenters. The van der Waals surface area contributed by atoms with Crippen LogP contribution in [-0.4, -0.2) is 51.4 Å². The van der Waals surface area contributed by atoms with Gasteiger partial charge in [0.25, 0.3) is 0 Å². The van der Waals surface area contributed by atoms with E-state index in [1.807, 2.05) is 31.2 Å². The van der Waals surface area contributed by atoms with E-state index in [1.165, 1.54) is 16.1 Å². The van der Waals surface area contributed by atoms with Crippen molar-refractivity contribution in [2.45, 2.75) is 70.2 Å². The average molecular weight is 567 g/mol. The number of sulfonamides is 1. The Balaban J connectivity index is 1.52. The quantitative estimate of drug-likeness (QED) is 0.453. The van der Waals surface area contributed by atoms with Crippen LogP contribution in [0.25, 0.3) is 0 Å². The zero-order chi connectivity index (χ0) is 28.2. The van der Waals surface area contributed by atoms with E-state index in [4.69, 9.17) is 4.98 Å². The lowest BCUT2D eigenvalue weighted by molar-refractivity contribution is 0.323. The summed E-state index contributed by atoms with van der Waals surface area (Å²) >= 11 is 1.49. The largest absolute Gasteiger partial charge is 0.355 e. The number of nitriles is 2. The number of rotatable bonds is 8. The van der Waals surface area contributed by atoms with E-state index in [9.17, 15) is 18.9 Å². The van der Waals surface area contributed by atoms with Gasteiger partial charge in [0.2, 0.25) is 10.0 Å². The van der Waals surface area contributed by atoms with Crippen molar-refractivity contribution < 1.29 is 8.42 Å². The number of thioether (sulfide) groups is 1. The van der Waals surface area contributed by atoms with Crippen molar-refractivity contribution >= 4 is 33.3 Å². The van der Waals surface area contributed by atoms with Gasteiger partial charge in [-0.15, -0.1) is 11.8 Å². The summed E-state index contributed by atoms with van der Waals surface area (Å²) < 4.78 is 26.0. The topological polar surface area (TPSA) is 113 Å². The van der Waals surface area contributed by atoms with Crippen LogP contribution in [0.15, 0.2) is 29.3 Å². The zero-order valence-corrected chi connectivity index (χ0v) is 25.0. The van der Waals surface area contributed by atoms with Gasteiger partial charge in [-0.2, -0.15) is 10.5 Å². The molecule has 0 bridgehead atoms.